The molecule has 0 radical (unpaired) electrons. The highest BCUT2D eigenvalue weighted by molar-refractivity contribution is 5.94. The third kappa shape index (κ3) is 3.45. The summed E-state index contributed by atoms with van der Waals surface area (Å²) in [7, 11) is 0. The third-order valence-corrected chi connectivity index (χ3v) is 3.25. The molecule has 108 valence electrons. The van der Waals surface area contributed by atoms with Crippen LogP contribution in [0.25, 0.3) is 0 Å². The molecule has 21 heavy (non-hydrogen) atoms. The molecule has 2 aromatic rings. The highest BCUT2D eigenvalue weighted by Gasteiger charge is 2.13. The van der Waals surface area contributed by atoms with Crippen LogP contribution < -0.4 is 4.74 Å². The lowest BCUT2D eigenvalue weighted by Crippen LogP contribution is -2.01. The molecule has 0 N–H and O–H groups in total. The fraction of sp³-hybridized carbons (Fsp3) is 0.188. The van der Waals surface area contributed by atoms with Gasteiger partial charge in [0, 0.05) is 17.2 Å². The van der Waals surface area contributed by atoms with Crippen molar-refractivity contribution in [3.8, 4) is 5.75 Å². The molecule has 5 nitrogen and oxygen atoms in total. The fourth-order valence-corrected chi connectivity index (χ4v) is 1.99. The van der Waals surface area contributed by atoms with Crippen LogP contribution in [-0.2, 0) is 6.61 Å². The van der Waals surface area contributed by atoms with Gasteiger partial charge >= 0.3 is 0 Å². The number of rotatable bonds is 5. The second-order valence-corrected chi connectivity index (χ2v) is 4.69. The molecular formula is C16H15NO4. The minimum absolute atomic E-state index is 0.0352. The van der Waals surface area contributed by atoms with Gasteiger partial charge in [-0.1, -0.05) is 24.3 Å². The molecule has 0 heterocycles. The van der Waals surface area contributed by atoms with Gasteiger partial charge in [0.05, 0.1) is 4.92 Å². The van der Waals surface area contributed by atoms with E-state index in [-0.39, 0.29) is 18.1 Å². The van der Waals surface area contributed by atoms with Crippen molar-refractivity contribution in [2.45, 2.75) is 20.5 Å². The first-order valence-electron chi connectivity index (χ1n) is 6.45. The standard InChI is InChI=1S/C16H15NO4/c1-11-14(6-4-8-16(11)17(19)20)10-21-15-7-3-5-13(9-15)12(2)18/h3-9H,10H2,1-2H3. The van der Waals surface area contributed by atoms with E-state index in [2.05, 4.69) is 0 Å². The molecular weight excluding hydrogens is 270 g/mol. The molecule has 0 aromatic heterocycles. The van der Waals surface area contributed by atoms with E-state index in [1.165, 1.54) is 13.0 Å². The van der Waals surface area contributed by atoms with Gasteiger partial charge < -0.3 is 4.74 Å². The van der Waals surface area contributed by atoms with Crippen molar-refractivity contribution >= 4 is 11.5 Å². The normalized spacial score (nSPS) is 10.2. The van der Waals surface area contributed by atoms with Crippen LogP contribution in [0.5, 0.6) is 5.75 Å². The number of nitro benzene ring substituents is 1. The Balaban J connectivity index is 2.17. The van der Waals surface area contributed by atoms with E-state index in [4.69, 9.17) is 4.74 Å². The summed E-state index contributed by atoms with van der Waals surface area (Å²) in [6, 6.07) is 11.8. The Bertz CT molecular complexity index is 694. The number of ketones is 1. The number of hydrogen-bond acceptors (Lipinski definition) is 4. The number of nitro groups is 1. The van der Waals surface area contributed by atoms with Crippen LogP contribution >= 0.6 is 0 Å². The van der Waals surface area contributed by atoms with E-state index in [0.29, 0.717) is 16.9 Å². The smallest absolute Gasteiger partial charge is 0.272 e. The van der Waals surface area contributed by atoms with E-state index in [1.54, 1.807) is 43.3 Å². The van der Waals surface area contributed by atoms with Crippen molar-refractivity contribution in [3.05, 3.63) is 69.3 Å². The first-order chi connectivity index (χ1) is 9.99. The van der Waals surface area contributed by atoms with Gasteiger partial charge in [0.15, 0.2) is 5.78 Å². The van der Waals surface area contributed by atoms with Crippen molar-refractivity contribution in [2.24, 2.45) is 0 Å². The predicted octanol–water partition coefficient (Wildman–Crippen LogP) is 3.68. The highest BCUT2D eigenvalue weighted by Crippen LogP contribution is 2.23. The zero-order valence-electron chi connectivity index (χ0n) is 11.8. The summed E-state index contributed by atoms with van der Waals surface area (Å²) in [6.07, 6.45) is 0. The van der Waals surface area contributed by atoms with E-state index in [9.17, 15) is 14.9 Å². The highest BCUT2D eigenvalue weighted by atomic mass is 16.6. The van der Waals surface area contributed by atoms with Crippen molar-refractivity contribution in [1.29, 1.82) is 0 Å². The molecule has 0 aliphatic carbocycles. The second kappa shape index (κ2) is 6.17. The van der Waals surface area contributed by atoms with Crippen LogP contribution in [0, 0.1) is 17.0 Å². The summed E-state index contributed by atoms with van der Waals surface area (Å²) in [5, 5.41) is 10.9. The number of Topliss-reactive ketones (excluding diaryl/α,β-unsaturated/α-hetero) is 1. The van der Waals surface area contributed by atoms with Gasteiger partial charge in [-0.05, 0) is 31.5 Å². The Morgan fingerprint density at radius 1 is 1.24 bits per heavy atom. The lowest BCUT2D eigenvalue weighted by atomic mass is 10.1. The van der Waals surface area contributed by atoms with Gasteiger partial charge in [0.2, 0.25) is 0 Å². The topological polar surface area (TPSA) is 69.4 Å². The van der Waals surface area contributed by atoms with Gasteiger partial charge in [0.1, 0.15) is 12.4 Å². The van der Waals surface area contributed by atoms with Gasteiger partial charge in [0.25, 0.3) is 5.69 Å². The Morgan fingerprint density at radius 3 is 2.62 bits per heavy atom. The molecule has 0 fully saturated rings. The number of nitrogens with zero attached hydrogens (tertiary/aromatic N) is 1. The second-order valence-electron chi connectivity index (χ2n) is 4.69. The Labute approximate surface area is 122 Å². The summed E-state index contributed by atoms with van der Waals surface area (Å²) < 4.78 is 5.62. The van der Waals surface area contributed by atoms with Crippen molar-refractivity contribution in [1.82, 2.24) is 0 Å². The maximum absolute atomic E-state index is 11.3. The molecule has 0 unspecified atom stereocenters. The number of hydrogen-bond donors (Lipinski definition) is 0. The number of carbonyl (C=O) groups is 1. The minimum atomic E-state index is -0.408. The molecule has 2 aromatic carbocycles. The molecule has 0 aliphatic rings. The van der Waals surface area contributed by atoms with E-state index >= 15 is 0 Å². The minimum Gasteiger partial charge on any atom is -0.489 e. The van der Waals surface area contributed by atoms with Crippen LogP contribution in [-0.4, -0.2) is 10.7 Å². The lowest BCUT2D eigenvalue weighted by Gasteiger charge is -2.09. The first-order valence-corrected chi connectivity index (χ1v) is 6.45. The zero-order valence-corrected chi connectivity index (χ0v) is 11.8. The molecule has 0 bridgehead atoms. The number of benzene rings is 2. The van der Waals surface area contributed by atoms with E-state index in [1.807, 2.05) is 0 Å². The van der Waals surface area contributed by atoms with Gasteiger partial charge in [-0.25, -0.2) is 0 Å². The molecule has 2 rings (SSSR count). The van der Waals surface area contributed by atoms with Crippen LogP contribution in [0.15, 0.2) is 42.5 Å². The Hall–Kier alpha value is -2.69. The fourth-order valence-electron chi connectivity index (χ4n) is 1.99. The zero-order chi connectivity index (χ0) is 15.4. The van der Waals surface area contributed by atoms with Crippen LogP contribution in [0.2, 0.25) is 0 Å². The van der Waals surface area contributed by atoms with Gasteiger partial charge in [-0.2, -0.15) is 0 Å². The largest absolute Gasteiger partial charge is 0.489 e. The molecule has 0 spiro atoms. The maximum Gasteiger partial charge on any atom is 0.272 e. The van der Waals surface area contributed by atoms with Crippen molar-refractivity contribution in [3.63, 3.8) is 0 Å². The van der Waals surface area contributed by atoms with Crippen LogP contribution in [0.3, 0.4) is 0 Å². The van der Waals surface area contributed by atoms with Gasteiger partial charge in [-0.15, -0.1) is 0 Å². The van der Waals surface area contributed by atoms with E-state index in [0.717, 1.165) is 5.56 Å². The molecule has 0 amide bonds. The molecule has 0 atom stereocenters. The van der Waals surface area contributed by atoms with Crippen molar-refractivity contribution < 1.29 is 14.5 Å². The summed E-state index contributed by atoms with van der Waals surface area (Å²) >= 11 is 0. The summed E-state index contributed by atoms with van der Waals surface area (Å²) in [6.45, 7) is 3.40. The average molecular weight is 285 g/mol. The number of carbonyl (C=O) groups excluding carboxylic acids is 1. The average Bonchev–Trinajstić information content (AvgIpc) is 2.46. The summed E-state index contributed by atoms with van der Waals surface area (Å²) in [4.78, 5) is 21.8. The quantitative estimate of drug-likeness (QED) is 0.477. The Kier molecular flexibility index (Phi) is 4.33. The first kappa shape index (κ1) is 14.7. The van der Waals surface area contributed by atoms with Crippen LogP contribution in [0.4, 0.5) is 5.69 Å². The Morgan fingerprint density at radius 2 is 1.95 bits per heavy atom. The van der Waals surface area contributed by atoms with Gasteiger partial charge in [-0.3, -0.25) is 14.9 Å². The maximum atomic E-state index is 11.3. The summed E-state index contributed by atoms with van der Waals surface area (Å²) in [5.74, 6) is 0.528. The molecule has 0 saturated carbocycles. The van der Waals surface area contributed by atoms with Crippen LogP contribution in [0.1, 0.15) is 28.4 Å². The van der Waals surface area contributed by atoms with Crippen molar-refractivity contribution in [2.75, 3.05) is 0 Å². The molecule has 5 heteroatoms. The van der Waals surface area contributed by atoms with E-state index < -0.39 is 4.92 Å². The number of ether oxygens (including phenoxy) is 1. The monoisotopic (exact) mass is 285 g/mol. The third-order valence-electron chi connectivity index (χ3n) is 3.25. The summed E-state index contributed by atoms with van der Waals surface area (Å²) in [5.41, 5.74) is 1.99. The molecule has 0 aliphatic heterocycles. The lowest BCUT2D eigenvalue weighted by molar-refractivity contribution is -0.385. The predicted molar refractivity (Wildman–Crippen MR) is 78.6 cm³/mol. The SMILES string of the molecule is CC(=O)c1cccc(OCc2cccc([N+](=O)[O-])c2C)c1. The molecule has 0 saturated heterocycles.